The Hall–Kier alpha value is -3.63. The number of alkyl halides is 2. The van der Waals surface area contributed by atoms with Crippen LogP contribution < -0.4 is 5.32 Å². The van der Waals surface area contributed by atoms with E-state index in [9.17, 15) is 27.2 Å². The third kappa shape index (κ3) is 4.23. The van der Waals surface area contributed by atoms with Crippen LogP contribution in [0.15, 0.2) is 34.9 Å². The summed E-state index contributed by atoms with van der Waals surface area (Å²) in [5.74, 6) is -5.62. The van der Waals surface area contributed by atoms with E-state index in [1.54, 1.807) is 0 Å². The highest BCUT2D eigenvalue weighted by molar-refractivity contribution is 5.94. The van der Waals surface area contributed by atoms with E-state index in [1.165, 1.54) is 35.4 Å². The quantitative estimate of drug-likeness (QED) is 0.573. The molecule has 0 spiro atoms. The summed E-state index contributed by atoms with van der Waals surface area (Å²) < 4.78 is 60.9. The van der Waals surface area contributed by atoms with E-state index in [1.807, 2.05) is 0 Å². The summed E-state index contributed by atoms with van der Waals surface area (Å²) in [5, 5.41) is 10.9. The molecule has 1 aromatic carbocycles. The number of carboxylic acid groups (broad SMARTS) is 1. The van der Waals surface area contributed by atoms with Gasteiger partial charge in [-0.25, -0.2) is 18.0 Å². The maximum absolute atomic E-state index is 14.6. The van der Waals surface area contributed by atoms with Gasteiger partial charge in [0.05, 0.1) is 17.8 Å². The van der Waals surface area contributed by atoms with Crippen LogP contribution in [-0.4, -0.2) is 46.0 Å². The number of pyridine rings is 1. The number of benzene rings is 1. The number of amides is 2. The van der Waals surface area contributed by atoms with E-state index < -0.39 is 42.4 Å². The van der Waals surface area contributed by atoms with Gasteiger partial charge in [-0.3, -0.25) is 9.78 Å². The van der Waals surface area contributed by atoms with Crippen molar-refractivity contribution in [1.82, 2.24) is 15.2 Å². The second-order valence-corrected chi connectivity index (χ2v) is 7.42. The third-order valence-electron chi connectivity index (χ3n) is 5.22. The van der Waals surface area contributed by atoms with Crippen molar-refractivity contribution in [3.63, 3.8) is 0 Å². The molecule has 1 aliphatic heterocycles. The van der Waals surface area contributed by atoms with Crippen LogP contribution in [0.1, 0.15) is 29.0 Å². The van der Waals surface area contributed by atoms with Crippen LogP contribution in [0.5, 0.6) is 0 Å². The molecule has 0 radical (unpaired) electrons. The topological polar surface area (TPSA) is 95.7 Å². The van der Waals surface area contributed by atoms with Crippen LogP contribution in [0.25, 0.3) is 22.2 Å². The Morgan fingerprint density at radius 1 is 1.16 bits per heavy atom. The number of nitrogens with zero attached hydrogens (tertiary/aromatic N) is 2. The van der Waals surface area contributed by atoms with Gasteiger partial charge in [0.15, 0.2) is 11.4 Å². The number of hydrogen-bond donors (Lipinski definition) is 2. The molecule has 2 N–H and O–H groups in total. The average Bonchev–Trinajstić information content (AvgIpc) is 3.18. The lowest BCUT2D eigenvalue weighted by atomic mass is 10.0. The Morgan fingerprint density at radius 2 is 1.88 bits per heavy atom. The molecular formula is C21H17F4N3O4. The summed E-state index contributed by atoms with van der Waals surface area (Å²) in [6.45, 7) is -0.384. The van der Waals surface area contributed by atoms with Crippen molar-refractivity contribution in [1.29, 1.82) is 0 Å². The molecule has 2 amide bonds. The second-order valence-electron chi connectivity index (χ2n) is 7.42. The SMILES string of the molecule is O=C(O)NCc1cc2cc(-c3ccc(C(=O)N4CCC(F)(F)CC4)cn3)c(F)c(F)c2o1. The van der Waals surface area contributed by atoms with Gasteiger partial charge in [0.1, 0.15) is 5.76 Å². The number of likely N-dealkylation sites (tertiary alicyclic amines) is 1. The van der Waals surface area contributed by atoms with Gasteiger partial charge in [0, 0.05) is 43.1 Å². The molecule has 11 heteroatoms. The van der Waals surface area contributed by atoms with E-state index in [4.69, 9.17) is 9.52 Å². The molecule has 0 saturated carbocycles. The highest BCUT2D eigenvalue weighted by atomic mass is 19.3. The minimum Gasteiger partial charge on any atom is -0.465 e. The molecular weight excluding hydrogens is 434 g/mol. The van der Waals surface area contributed by atoms with Crippen molar-refractivity contribution in [3.8, 4) is 11.3 Å². The van der Waals surface area contributed by atoms with E-state index in [0.717, 1.165) is 0 Å². The van der Waals surface area contributed by atoms with Gasteiger partial charge in [0.25, 0.3) is 11.8 Å². The smallest absolute Gasteiger partial charge is 0.405 e. The Bertz CT molecular complexity index is 1180. The molecule has 1 saturated heterocycles. The Labute approximate surface area is 178 Å². The first-order valence-corrected chi connectivity index (χ1v) is 9.65. The second kappa shape index (κ2) is 8.13. The van der Waals surface area contributed by atoms with Gasteiger partial charge in [-0.05, 0) is 24.3 Å². The predicted molar refractivity (Wildman–Crippen MR) is 104 cm³/mol. The molecule has 3 heterocycles. The molecule has 4 rings (SSSR count). The Balaban J connectivity index is 1.58. The zero-order chi connectivity index (χ0) is 23.0. The van der Waals surface area contributed by atoms with Crippen LogP contribution >= 0.6 is 0 Å². The summed E-state index contributed by atoms with van der Waals surface area (Å²) in [5.41, 5.74) is -0.338. The fourth-order valence-electron chi connectivity index (χ4n) is 3.51. The minimum absolute atomic E-state index is 0.0523. The summed E-state index contributed by atoms with van der Waals surface area (Å²) in [4.78, 5) is 28.5. The largest absolute Gasteiger partial charge is 0.465 e. The van der Waals surface area contributed by atoms with Crippen LogP contribution in [0, 0.1) is 11.6 Å². The maximum atomic E-state index is 14.6. The molecule has 1 aliphatic rings. The van der Waals surface area contributed by atoms with Gasteiger partial charge in [-0.15, -0.1) is 0 Å². The van der Waals surface area contributed by atoms with Gasteiger partial charge in [-0.1, -0.05) is 0 Å². The molecule has 1 fully saturated rings. The Kier molecular flexibility index (Phi) is 5.49. The number of aromatic nitrogens is 1. The van der Waals surface area contributed by atoms with Gasteiger partial charge < -0.3 is 19.7 Å². The van der Waals surface area contributed by atoms with E-state index >= 15 is 0 Å². The molecule has 2 aromatic heterocycles. The summed E-state index contributed by atoms with van der Waals surface area (Å²) in [6.07, 6.45) is -0.939. The number of rotatable bonds is 4. The highest BCUT2D eigenvalue weighted by Crippen LogP contribution is 2.32. The zero-order valence-electron chi connectivity index (χ0n) is 16.5. The number of carbonyl (C=O) groups is 2. The standard InChI is InChI=1S/C21H17F4N3O4/c22-16-14(8-12-7-13(10-27-20(30)31)32-18(12)17(16)23)15-2-1-11(9-26-15)19(29)28-5-3-21(24,25)4-6-28/h1-2,7-9,27H,3-6,10H2,(H,30,31). The molecule has 7 nitrogen and oxygen atoms in total. The van der Waals surface area contributed by atoms with Gasteiger partial charge in [-0.2, -0.15) is 4.39 Å². The van der Waals surface area contributed by atoms with E-state index in [2.05, 4.69) is 10.3 Å². The lowest BCUT2D eigenvalue weighted by Gasteiger charge is -2.31. The van der Waals surface area contributed by atoms with Gasteiger partial charge >= 0.3 is 6.09 Å². The number of nitrogens with one attached hydrogen (secondary N) is 1. The summed E-state index contributed by atoms with van der Waals surface area (Å²) in [7, 11) is 0. The number of carbonyl (C=O) groups excluding carboxylic acids is 1. The highest BCUT2D eigenvalue weighted by Gasteiger charge is 2.35. The van der Waals surface area contributed by atoms with E-state index in [0.29, 0.717) is 0 Å². The molecule has 3 aromatic rings. The average molecular weight is 451 g/mol. The number of hydrogen-bond acceptors (Lipinski definition) is 4. The predicted octanol–water partition coefficient (Wildman–Crippen LogP) is 4.41. The lowest BCUT2D eigenvalue weighted by Crippen LogP contribution is -2.42. The van der Waals surface area contributed by atoms with Crippen molar-refractivity contribution in [3.05, 3.63) is 53.4 Å². The first kappa shape index (κ1) is 21.6. The number of halogens is 4. The third-order valence-corrected chi connectivity index (χ3v) is 5.22. The van der Waals surface area contributed by atoms with Crippen LogP contribution in [0.2, 0.25) is 0 Å². The number of fused-ring (bicyclic) bond motifs is 1. The fourth-order valence-corrected chi connectivity index (χ4v) is 3.51. The molecule has 32 heavy (non-hydrogen) atoms. The molecule has 0 unspecified atom stereocenters. The normalized spacial score (nSPS) is 15.7. The van der Waals surface area contributed by atoms with Crippen LogP contribution in [-0.2, 0) is 6.54 Å². The van der Waals surface area contributed by atoms with Gasteiger partial charge in [0.2, 0.25) is 5.82 Å². The molecule has 168 valence electrons. The lowest BCUT2D eigenvalue weighted by molar-refractivity contribution is -0.0494. The fraction of sp³-hybridized carbons (Fsp3) is 0.286. The van der Waals surface area contributed by atoms with Crippen molar-refractivity contribution in [2.45, 2.75) is 25.3 Å². The van der Waals surface area contributed by atoms with Crippen LogP contribution in [0.3, 0.4) is 0 Å². The summed E-state index contributed by atoms with van der Waals surface area (Å²) in [6, 6.07) is 5.39. The Morgan fingerprint density at radius 3 is 2.50 bits per heavy atom. The number of furan rings is 1. The van der Waals surface area contributed by atoms with Crippen molar-refractivity contribution in [2.24, 2.45) is 0 Å². The molecule has 0 atom stereocenters. The molecule has 0 aliphatic carbocycles. The van der Waals surface area contributed by atoms with Crippen LogP contribution in [0.4, 0.5) is 22.4 Å². The first-order valence-electron chi connectivity index (χ1n) is 9.65. The monoisotopic (exact) mass is 451 g/mol. The van der Waals surface area contributed by atoms with Crippen molar-refractivity contribution >= 4 is 23.0 Å². The van der Waals surface area contributed by atoms with Crippen molar-refractivity contribution in [2.75, 3.05) is 13.1 Å². The van der Waals surface area contributed by atoms with E-state index in [-0.39, 0.29) is 53.2 Å². The zero-order valence-corrected chi connectivity index (χ0v) is 16.5. The molecule has 0 bridgehead atoms. The number of piperidine rings is 1. The summed E-state index contributed by atoms with van der Waals surface area (Å²) >= 11 is 0. The minimum atomic E-state index is -2.78. The first-order chi connectivity index (χ1) is 15.1. The van der Waals surface area contributed by atoms with Crippen molar-refractivity contribution < 1.29 is 36.7 Å². The maximum Gasteiger partial charge on any atom is 0.405 e.